The predicted molar refractivity (Wildman–Crippen MR) is 138 cm³/mol. The summed E-state index contributed by atoms with van der Waals surface area (Å²) < 4.78 is 10.9. The minimum Gasteiger partial charge on any atom is -0.497 e. The summed E-state index contributed by atoms with van der Waals surface area (Å²) in [4.78, 5) is 26.0. The van der Waals surface area contributed by atoms with E-state index in [1.54, 1.807) is 19.5 Å². The molecular weight excluding hydrogens is 440 g/mol. The summed E-state index contributed by atoms with van der Waals surface area (Å²) in [5.41, 5.74) is 2.90. The van der Waals surface area contributed by atoms with Crippen molar-refractivity contribution < 1.29 is 14.3 Å². The Labute approximate surface area is 205 Å². The van der Waals surface area contributed by atoms with Gasteiger partial charge in [0, 0.05) is 36.0 Å². The average molecular weight is 471 g/mol. The number of anilines is 1. The summed E-state index contributed by atoms with van der Waals surface area (Å²) >= 11 is 0. The minimum absolute atomic E-state index is 0.516. The van der Waals surface area contributed by atoms with Gasteiger partial charge in [0.25, 0.3) is 0 Å². The van der Waals surface area contributed by atoms with Crippen LogP contribution in [0.2, 0.25) is 0 Å². The molecular formula is C28H30N4O3. The number of carbonyl (C=O) groups is 1. The van der Waals surface area contributed by atoms with Gasteiger partial charge in [0.05, 0.1) is 18.5 Å². The first kappa shape index (κ1) is 24.1. The number of fused-ring (bicyclic) bond motifs is 1. The van der Waals surface area contributed by atoms with Gasteiger partial charge in [-0.15, -0.1) is 0 Å². The van der Waals surface area contributed by atoms with Crippen LogP contribution in [0.4, 0.5) is 10.5 Å². The number of pyridine rings is 1. The van der Waals surface area contributed by atoms with Gasteiger partial charge in [0.2, 0.25) is 0 Å². The molecule has 2 heterocycles. The van der Waals surface area contributed by atoms with E-state index >= 15 is 0 Å². The summed E-state index contributed by atoms with van der Waals surface area (Å²) in [5.74, 6) is 1.48. The SMILES string of the molecule is COc1ccc2cc(-c3ccnc(CCCc4cccnc4)n3)cc(NC(=O)OC(C)(C)C)c2c1. The Hall–Kier alpha value is -4.00. The van der Waals surface area contributed by atoms with Crippen LogP contribution in [0.1, 0.15) is 38.6 Å². The number of hydrogen-bond donors (Lipinski definition) is 1. The number of hydrogen-bond acceptors (Lipinski definition) is 6. The second-order valence-corrected chi connectivity index (χ2v) is 9.31. The molecule has 1 N–H and O–H groups in total. The molecule has 1 amide bonds. The standard InChI is InChI=1S/C28H30N4O3/c1-28(2,3)35-27(33)32-25-16-21(15-20-10-11-22(34-4)17-23(20)25)24-12-14-30-26(31-24)9-5-7-19-8-6-13-29-18-19/h6,8,10-18H,5,7,9H2,1-4H3,(H,32,33). The van der Waals surface area contributed by atoms with Gasteiger partial charge in [-0.25, -0.2) is 14.8 Å². The second-order valence-electron chi connectivity index (χ2n) is 9.31. The Morgan fingerprint density at radius 2 is 1.89 bits per heavy atom. The number of rotatable bonds is 7. The summed E-state index contributed by atoms with van der Waals surface area (Å²) in [7, 11) is 1.62. The number of benzene rings is 2. The predicted octanol–water partition coefficient (Wildman–Crippen LogP) is 6.22. The molecule has 0 saturated carbocycles. The molecule has 7 heteroatoms. The zero-order chi connectivity index (χ0) is 24.8. The van der Waals surface area contributed by atoms with Crippen molar-refractivity contribution in [1.29, 1.82) is 0 Å². The molecule has 0 fully saturated rings. The minimum atomic E-state index is -0.605. The maximum atomic E-state index is 12.6. The van der Waals surface area contributed by atoms with Gasteiger partial charge in [0.1, 0.15) is 17.2 Å². The zero-order valence-electron chi connectivity index (χ0n) is 20.5. The van der Waals surface area contributed by atoms with Gasteiger partial charge in [-0.3, -0.25) is 10.3 Å². The molecule has 4 aromatic rings. The normalized spacial score (nSPS) is 11.3. The number of methoxy groups -OCH3 is 1. The van der Waals surface area contributed by atoms with Crippen molar-refractivity contribution in [2.24, 2.45) is 0 Å². The summed E-state index contributed by atoms with van der Waals surface area (Å²) in [6.45, 7) is 5.50. The highest BCUT2D eigenvalue weighted by Crippen LogP contribution is 2.33. The molecule has 0 atom stereocenters. The van der Waals surface area contributed by atoms with Crippen LogP contribution >= 0.6 is 0 Å². The highest BCUT2D eigenvalue weighted by atomic mass is 16.6. The van der Waals surface area contributed by atoms with Crippen LogP contribution in [0.15, 0.2) is 67.1 Å². The van der Waals surface area contributed by atoms with Gasteiger partial charge in [-0.2, -0.15) is 0 Å². The Morgan fingerprint density at radius 3 is 2.63 bits per heavy atom. The topological polar surface area (TPSA) is 86.2 Å². The fourth-order valence-corrected chi connectivity index (χ4v) is 3.81. The lowest BCUT2D eigenvalue weighted by Gasteiger charge is -2.20. The van der Waals surface area contributed by atoms with E-state index in [-0.39, 0.29) is 0 Å². The third-order valence-corrected chi connectivity index (χ3v) is 5.39. The first-order valence-corrected chi connectivity index (χ1v) is 11.6. The maximum Gasteiger partial charge on any atom is 0.412 e. The highest BCUT2D eigenvalue weighted by Gasteiger charge is 2.18. The van der Waals surface area contributed by atoms with Crippen LogP contribution < -0.4 is 10.1 Å². The van der Waals surface area contributed by atoms with Crippen LogP contribution in [0.3, 0.4) is 0 Å². The maximum absolute atomic E-state index is 12.6. The van der Waals surface area contributed by atoms with E-state index in [4.69, 9.17) is 14.5 Å². The lowest BCUT2D eigenvalue weighted by molar-refractivity contribution is 0.0636. The van der Waals surface area contributed by atoms with E-state index in [0.717, 1.165) is 47.1 Å². The summed E-state index contributed by atoms with van der Waals surface area (Å²) in [6, 6.07) is 15.6. The van der Waals surface area contributed by atoms with Crippen molar-refractivity contribution in [3.8, 4) is 17.0 Å². The van der Waals surface area contributed by atoms with E-state index in [2.05, 4.69) is 27.4 Å². The number of carbonyl (C=O) groups excluding carboxylic acids is 1. The van der Waals surface area contributed by atoms with Gasteiger partial charge < -0.3 is 9.47 Å². The number of aryl methyl sites for hydroxylation is 2. The van der Waals surface area contributed by atoms with E-state index < -0.39 is 11.7 Å². The Morgan fingerprint density at radius 1 is 1.03 bits per heavy atom. The average Bonchev–Trinajstić information content (AvgIpc) is 2.83. The van der Waals surface area contributed by atoms with Crippen molar-refractivity contribution >= 4 is 22.6 Å². The Balaban J connectivity index is 1.62. The van der Waals surface area contributed by atoms with Crippen LogP contribution in [0, 0.1) is 0 Å². The molecule has 0 unspecified atom stereocenters. The Bertz CT molecular complexity index is 1320. The van der Waals surface area contributed by atoms with Crippen molar-refractivity contribution in [3.63, 3.8) is 0 Å². The molecule has 0 bridgehead atoms. The third-order valence-electron chi connectivity index (χ3n) is 5.39. The molecule has 0 aliphatic rings. The van der Waals surface area contributed by atoms with E-state index in [1.165, 1.54) is 5.56 Å². The van der Waals surface area contributed by atoms with Crippen molar-refractivity contribution in [3.05, 3.63) is 78.5 Å². The number of ether oxygens (including phenoxy) is 2. The van der Waals surface area contributed by atoms with Crippen LogP contribution in [0.25, 0.3) is 22.0 Å². The Kier molecular flexibility index (Phi) is 7.25. The van der Waals surface area contributed by atoms with Gasteiger partial charge in [-0.05, 0) is 81.0 Å². The smallest absolute Gasteiger partial charge is 0.412 e. The molecule has 0 saturated heterocycles. The van der Waals surface area contributed by atoms with Gasteiger partial charge in [-0.1, -0.05) is 12.1 Å². The zero-order valence-corrected chi connectivity index (χ0v) is 20.5. The number of aromatic nitrogens is 3. The van der Waals surface area contributed by atoms with E-state index in [9.17, 15) is 4.79 Å². The van der Waals surface area contributed by atoms with Crippen molar-refractivity contribution in [1.82, 2.24) is 15.0 Å². The summed E-state index contributed by atoms with van der Waals surface area (Å²) in [6.07, 6.45) is 7.54. The largest absolute Gasteiger partial charge is 0.497 e. The molecule has 4 rings (SSSR count). The van der Waals surface area contributed by atoms with Gasteiger partial charge >= 0.3 is 6.09 Å². The summed E-state index contributed by atoms with van der Waals surface area (Å²) in [5, 5.41) is 4.71. The molecule has 0 aliphatic carbocycles. The lowest BCUT2D eigenvalue weighted by Crippen LogP contribution is -2.27. The molecule has 180 valence electrons. The first-order valence-electron chi connectivity index (χ1n) is 11.6. The molecule has 0 aliphatic heterocycles. The molecule has 0 radical (unpaired) electrons. The van der Waals surface area contributed by atoms with Gasteiger partial charge in [0.15, 0.2) is 0 Å². The van der Waals surface area contributed by atoms with E-state index in [1.807, 2.05) is 63.4 Å². The van der Waals surface area contributed by atoms with E-state index in [0.29, 0.717) is 11.4 Å². The number of nitrogens with zero attached hydrogens (tertiary/aromatic N) is 3. The third kappa shape index (κ3) is 6.53. The first-order chi connectivity index (χ1) is 16.8. The lowest BCUT2D eigenvalue weighted by atomic mass is 10.0. The molecule has 7 nitrogen and oxygen atoms in total. The second kappa shape index (κ2) is 10.5. The molecule has 0 spiro atoms. The quantitative estimate of drug-likeness (QED) is 0.345. The highest BCUT2D eigenvalue weighted by molar-refractivity contribution is 6.03. The van der Waals surface area contributed by atoms with Crippen LogP contribution in [-0.2, 0) is 17.6 Å². The molecule has 2 aromatic heterocycles. The van der Waals surface area contributed by atoms with Crippen LogP contribution in [-0.4, -0.2) is 33.8 Å². The van der Waals surface area contributed by atoms with Crippen LogP contribution in [0.5, 0.6) is 5.75 Å². The fourth-order valence-electron chi connectivity index (χ4n) is 3.81. The molecule has 2 aromatic carbocycles. The van der Waals surface area contributed by atoms with Crippen molar-refractivity contribution in [2.45, 2.75) is 45.6 Å². The number of nitrogens with one attached hydrogen (secondary N) is 1. The fraction of sp³-hybridized carbons (Fsp3) is 0.286. The molecule has 35 heavy (non-hydrogen) atoms. The van der Waals surface area contributed by atoms with Crippen molar-refractivity contribution in [2.75, 3.05) is 12.4 Å². The monoisotopic (exact) mass is 470 g/mol. The number of amides is 1.